The molecule has 2 heterocycles. The first-order valence-electron chi connectivity index (χ1n) is 11.0. The van der Waals surface area contributed by atoms with E-state index in [0.717, 1.165) is 49.3 Å². The lowest BCUT2D eigenvalue weighted by Gasteiger charge is -2.09. The van der Waals surface area contributed by atoms with E-state index in [1.54, 1.807) is 11.3 Å². The van der Waals surface area contributed by atoms with E-state index in [9.17, 15) is 4.79 Å². The number of benzene rings is 3. The van der Waals surface area contributed by atoms with Gasteiger partial charge in [0.15, 0.2) is 11.5 Å². The van der Waals surface area contributed by atoms with Gasteiger partial charge in [-0.3, -0.25) is 0 Å². The molecule has 0 bridgehead atoms. The second-order valence-corrected chi connectivity index (χ2v) is 9.07. The Morgan fingerprint density at radius 1 is 1.00 bits per heavy atom. The third-order valence-corrected chi connectivity index (χ3v) is 6.59. The molecule has 7 nitrogen and oxygen atoms in total. The Balaban J connectivity index is 1.36. The van der Waals surface area contributed by atoms with Crippen LogP contribution < -0.4 is 14.2 Å². The summed E-state index contributed by atoms with van der Waals surface area (Å²) in [5, 5.41) is 9.58. The Kier molecular flexibility index (Phi) is 6.65. The molecule has 0 fully saturated rings. The maximum Gasteiger partial charge on any atom is 0.329 e. The molecule has 35 heavy (non-hydrogen) atoms. The predicted molar refractivity (Wildman–Crippen MR) is 132 cm³/mol. The fourth-order valence-electron chi connectivity index (χ4n) is 3.76. The number of fused-ring (bicyclic) bond motifs is 1. The number of rotatable bonds is 9. The number of thiazole rings is 1. The molecule has 0 aliphatic carbocycles. The first-order chi connectivity index (χ1) is 17.1. The summed E-state index contributed by atoms with van der Waals surface area (Å²) in [5.41, 5.74) is 4.83. The molecular formula is C27H23NO6S. The molecule has 1 aromatic heterocycles. The van der Waals surface area contributed by atoms with Crippen LogP contribution in [-0.4, -0.2) is 29.5 Å². The number of aromatic nitrogens is 1. The third kappa shape index (κ3) is 5.29. The van der Waals surface area contributed by atoms with Crippen LogP contribution in [0.3, 0.4) is 0 Å². The molecule has 1 aliphatic heterocycles. The normalized spacial score (nSPS) is 12.0. The smallest absolute Gasteiger partial charge is 0.329 e. The minimum atomic E-state index is -0.985. The molecule has 3 aromatic carbocycles. The third-order valence-electron chi connectivity index (χ3n) is 5.51. The average molecular weight is 490 g/mol. The van der Waals surface area contributed by atoms with Crippen molar-refractivity contribution in [3.63, 3.8) is 0 Å². The van der Waals surface area contributed by atoms with E-state index in [-0.39, 0.29) is 20.0 Å². The molecule has 0 saturated carbocycles. The van der Waals surface area contributed by atoms with E-state index in [1.807, 2.05) is 73.7 Å². The van der Waals surface area contributed by atoms with Crippen LogP contribution in [0.4, 0.5) is 0 Å². The SMILES string of the molecule is Cc1cc(OCc2nc(-c3ccccc3)c(-c3ccc4c(c3)OCO4)s2)ccc1COCC(=O)O. The van der Waals surface area contributed by atoms with Gasteiger partial charge in [-0.05, 0) is 53.9 Å². The topological polar surface area (TPSA) is 87.1 Å². The standard InChI is InChI=1S/C27H23NO6S/c1-17-11-21(9-7-20(17)13-31-15-25(29)30)32-14-24-28-26(18-5-3-2-4-6-18)27(35-24)19-8-10-22-23(12-19)34-16-33-22/h2-12H,13-16H2,1H3,(H,29,30). The van der Waals surface area contributed by atoms with Gasteiger partial charge in [-0.25, -0.2) is 9.78 Å². The molecule has 1 aliphatic rings. The van der Waals surface area contributed by atoms with Crippen LogP contribution in [-0.2, 0) is 22.7 Å². The number of hydrogen-bond acceptors (Lipinski definition) is 7. The van der Waals surface area contributed by atoms with Crippen LogP contribution in [0.25, 0.3) is 21.7 Å². The van der Waals surface area contributed by atoms with Crippen molar-refractivity contribution in [3.8, 4) is 38.9 Å². The molecule has 5 rings (SSSR count). The minimum Gasteiger partial charge on any atom is -0.486 e. The van der Waals surface area contributed by atoms with Gasteiger partial charge in [0, 0.05) is 5.56 Å². The zero-order chi connectivity index (χ0) is 24.2. The number of carbonyl (C=O) groups is 1. The molecule has 0 unspecified atom stereocenters. The van der Waals surface area contributed by atoms with Gasteiger partial charge in [-0.2, -0.15) is 0 Å². The van der Waals surface area contributed by atoms with Crippen molar-refractivity contribution in [1.82, 2.24) is 4.98 Å². The van der Waals surface area contributed by atoms with Crippen LogP contribution in [0.1, 0.15) is 16.1 Å². The summed E-state index contributed by atoms with van der Waals surface area (Å²) < 4.78 is 22.3. The lowest BCUT2D eigenvalue weighted by molar-refractivity contribution is -0.142. The molecule has 0 atom stereocenters. The summed E-state index contributed by atoms with van der Waals surface area (Å²) in [6.45, 7) is 2.42. The highest BCUT2D eigenvalue weighted by Gasteiger charge is 2.19. The van der Waals surface area contributed by atoms with Gasteiger partial charge in [0.1, 0.15) is 24.0 Å². The van der Waals surface area contributed by atoms with Crippen molar-refractivity contribution in [3.05, 3.63) is 82.9 Å². The maximum absolute atomic E-state index is 10.6. The molecule has 4 aromatic rings. The summed E-state index contributed by atoms with van der Waals surface area (Å²) in [4.78, 5) is 16.6. The number of nitrogens with zero attached hydrogens (tertiary/aromatic N) is 1. The minimum absolute atomic E-state index is 0.232. The number of hydrogen-bond donors (Lipinski definition) is 1. The Bertz CT molecular complexity index is 1350. The monoisotopic (exact) mass is 489 g/mol. The number of ether oxygens (including phenoxy) is 4. The molecule has 1 N–H and O–H groups in total. The summed E-state index contributed by atoms with van der Waals surface area (Å²) in [5.74, 6) is 1.21. The number of carboxylic acids is 1. The molecule has 0 radical (unpaired) electrons. The van der Waals surface area contributed by atoms with Crippen LogP contribution in [0.5, 0.6) is 17.2 Å². The summed E-state index contributed by atoms with van der Waals surface area (Å²) >= 11 is 1.59. The number of aryl methyl sites for hydroxylation is 1. The average Bonchev–Trinajstić information content (AvgIpc) is 3.51. The zero-order valence-electron chi connectivity index (χ0n) is 19.0. The lowest BCUT2D eigenvalue weighted by atomic mass is 10.1. The summed E-state index contributed by atoms with van der Waals surface area (Å²) in [7, 11) is 0. The highest BCUT2D eigenvalue weighted by molar-refractivity contribution is 7.15. The first kappa shape index (κ1) is 22.9. The van der Waals surface area contributed by atoms with Crippen molar-refractivity contribution in [2.24, 2.45) is 0 Å². The number of carboxylic acid groups (broad SMARTS) is 1. The lowest BCUT2D eigenvalue weighted by Crippen LogP contribution is -2.07. The van der Waals surface area contributed by atoms with Crippen molar-refractivity contribution in [1.29, 1.82) is 0 Å². The van der Waals surface area contributed by atoms with Gasteiger partial charge in [-0.1, -0.05) is 36.4 Å². The Labute approximate surface area is 206 Å². The Hall–Kier alpha value is -3.88. The Morgan fingerprint density at radius 2 is 1.83 bits per heavy atom. The van der Waals surface area contributed by atoms with Gasteiger partial charge in [0.25, 0.3) is 0 Å². The zero-order valence-corrected chi connectivity index (χ0v) is 19.8. The van der Waals surface area contributed by atoms with Crippen LogP contribution in [0.2, 0.25) is 0 Å². The van der Waals surface area contributed by atoms with Crippen LogP contribution in [0, 0.1) is 6.92 Å². The van der Waals surface area contributed by atoms with Crippen molar-refractivity contribution < 1.29 is 28.8 Å². The quantitative estimate of drug-likeness (QED) is 0.323. The van der Waals surface area contributed by atoms with Gasteiger partial charge < -0.3 is 24.1 Å². The predicted octanol–water partition coefficient (Wildman–Crippen LogP) is 5.69. The van der Waals surface area contributed by atoms with Crippen molar-refractivity contribution in [2.75, 3.05) is 13.4 Å². The van der Waals surface area contributed by atoms with E-state index in [0.29, 0.717) is 12.4 Å². The molecule has 8 heteroatoms. The van der Waals surface area contributed by atoms with E-state index >= 15 is 0 Å². The fourth-order valence-corrected chi connectivity index (χ4v) is 4.76. The van der Waals surface area contributed by atoms with E-state index in [4.69, 9.17) is 29.0 Å². The van der Waals surface area contributed by atoms with Gasteiger partial charge >= 0.3 is 5.97 Å². The van der Waals surface area contributed by atoms with E-state index in [1.165, 1.54) is 0 Å². The van der Waals surface area contributed by atoms with Crippen LogP contribution in [0.15, 0.2) is 66.7 Å². The molecule has 0 saturated heterocycles. The van der Waals surface area contributed by atoms with Gasteiger partial charge in [0.05, 0.1) is 17.2 Å². The number of aliphatic carboxylic acids is 1. The first-order valence-corrected chi connectivity index (χ1v) is 11.9. The van der Waals surface area contributed by atoms with Gasteiger partial charge in [-0.15, -0.1) is 11.3 Å². The van der Waals surface area contributed by atoms with Crippen LogP contribution >= 0.6 is 11.3 Å². The highest BCUT2D eigenvalue weighted by Crippen LogP contribution is 2.42. The Morgan fingerprint density at radius 3 is 2.63 bits per heavy atom. The second kappa shape index (κ2) is 10.2. The van der Waals surface area contributed by atoms with E-state index in [2.05, 4.69) is 0 Å². The van der Waals surface area contributed by atoms with Crippen molar-refractivity contribution in [2.45, 2.75) is 20.1 Å². The van der Waals surface area contributed by atoms with E-state index < -0.39 is 5.97 Å². The molecule has 0 spiro atoms. The summed E-state index contributed by atoms with van der Waals surface area (Å²) in [6, 6.07) is 21.7. The largest absolute Gasteiger partial charge is 0.486 e. The molecule has 178 valence electrons. The maximum atomic E-state index is 10.6. The van der Waals surface area contributed by atoms with Crippen molar-refractivity contribution >= 4 is 17.3 Å². The fraction of sp³-hybridized carbons (Fsp3) is 0.185. The highest BCUT2D eigenvalue weighted by atomic mass is 32.1. The van der Waals surface area contributed by atoms with Gasteiger partial charge in [0.2, 0.25) is 6.79 Å². The molecule has 0 amide bonds. The second-order valence-electron chi connectivity index (χ2n) is 7.98. The summed E-state index contributed by atoms with van der Waals surface area (Å²) in [6.07, 6.45) is 0. The molecular weight excluding hydrogens is 466 g/mol.